The number of hydrogen-bond acceptors (Lipinski definition) is 9. The molecule has 6 aliphatic rings. The molecule has 1 aliphatic carbocycles. The molecule has 5 aliphatic heterocycles. The number of rotatable bonds is 5. The lowest BCUT2D eigenvalue weighted by Crippen LogP contribution is -2.52. The highest BCUT2D eigenvalue weighted by Crippen LogP contribution is 2.65. The van der Waals surface area contributed by atoms with Gasteiger partial charge in [-0.2, -0.15) is 0 Å². The van der Waals surface area contributed by atoms with E-state index in [4.69, 9.17) is 23.7 Å². The maximum absolute atomic E-state index is 13.3. The number of aliphatic hydroxyl groups is 2. The van der Waals surface area contributed by atoms with Gasteiger partial charge in [-0.25, -0.2) is 4.79 Å². The molecule has 35 heavy (non-hydrogen) atoms. The van der Waals surface area contributed by atoms with Gasteiger partial charge in [0.05, 0.1) is 11.7 Å². The molecule has 2 N–H and O–H groups in total. The minimum Gasteiger partial charge on any atom is -0.454 e. The van der Waals surface area contributed by atoms with Gasteiger partial charge < -0.3 is 33.9 Å². The molecule has 0 amide bonds. The molecule has 2 saturated heterocycles. The topological polar surface area (TPSA) is 107 Å². The molecule has 5 heterocycles. The molecular formula is C26H37NO8. The van der Waals surface area contributed by atoms with E-state index < -0.39 is 29.1 Å². The predicted molar refractivity (Wildman–Crippen MR) is 125 cm³/mol. The van der Waals surface area contributed by atoms with Gasteiger partial charge in [-0.05, 0) is 63.4 Å². The minimum absolute atomic E-state index is 0. The first kappa shape index (κ1) is 24.8. The van der Waals surface area contributed by atoms with Crippen LogP contribution in [0.2, 0.25) is 0 Å². The van der Waals surface area contributed by atoms with Crippen LogP contribution in [0.3, 0.4) is 0 Å². The Balaban J connectivity index is 0.00000253. The highest BCUT2D eigenvalue weighted by atomic mass is 16.7. The summed E-state index contributed by atoms with van der Waals surface area (Å²) in [6.45, 7) is 6.32. The number of benzene rings is 1. The molecule has 0 aromatic heterocycles. The minimum atomic E-state index is -1.87. The van der Waals surface area contributed by atoms with Gasteiger partial charge in [-0.15, -0.1) is 0 Å². The summed E-state index contributed by atoms with van der Waals surface area (Å²) in [4.78, 5) is 15.8. The van der Waals surface area contributed by atoms with Crippen molar-refractivity contribution in [3.05, 3.63) is 23.3 Å². The molecule has 1 aromatic carbocycles. The molecule has 1 saturated carbocycles. The lowest BCUT2D eigenvalue weighted by Gasteiger charge is -2.40. The van der Waals surface area contributed by atoms with Crippen molar-refractivity contribution in [3.8, 4) is 11.5 Å². The average molecular weight is 492 g/mol. The van der Waals surface area contributed by atoms with Gasteiger partial charge >= 0.3 is 5.97 Å². The zero-order valence-electron chi connectivity index (χ0n) is 20.1. The summed E-state index contributed by atoms with van der Waals surface area (Å²) >= 11 is 0. The van der Waals surface area contributed by atoms with Gasteiger partial charge in [0.2, 0.25) is 12.6 Å². The van der Waals surface area contributed by atoms with Gasteiger partial charge in [-0.3, -0.25) is 4.90 Å². The van der Waals surface area contributed by atoms with Crippen molar-refractivity contribution < 1.29 is 38.7 Å². The molecule has 1 aromatic rings. The Morgan fingerprint density at radius 1 is 1.20 bits per heavy atom. The molecule has 194 valence electrons. The molecule has 3 fully saturated rings. The van der Waals surface area contributed by atoms with Crippen molar-refractivity contribution in [3.63, 3.8) is 0 Å². The summed E-state index contributed by atoms with van der Waals surface area (Å²) in [6.07, 6.45) is 1.32. The molecule has 4 bridgehead atoms. The number of esters is 1. The van der Waals surface area contributed by atoms with Crippen LogP contribution in [0.15, 0.2) is 12.1 Å². The molecule has 6 atom stereocenters. The number of fused-ring (bicyclic) bond motifs is 1. The Morgan fingerprint density at radius 2 is 1.89 bits per heavy atom. The van der Waals surface area contributed by atoms with Crippen LogP contribution in [0.25, 0.3) is 0 Å². The largest absolute Gasteiger partial charge is 0.454 e. The molecule has 0 unspecified atom stereocenters. The molecule has 9 heteroatoms. The van der Waals surface area contributed by atoms with Crippen molar-refractivity contribution in [1.29, 1.82) is 0 Å². The van der Waals surface area contributed by atoms with Crippen LogP contribution in [-0.4, -0.2) is 76.7 Å². The van der Waals surface area contributed by atoms with Crippen molar-refractivity contribution in [2.24, 2.45) is 0 Å². The highest BCUT2D eigenvalue weighted by molar-refractivity contribution is 5.79. The number of ether oxygens (including phenoxy) is 5. The summed E-state index contributed by atoms with van der Waals surface area (Å²) in [5, 5.41) is 21.2. The highest BCUT2D eigenvalue weighted by Gasteiger charge is 2.72. The Labute approximate surface area is 206 Å². The third-order valence-corrected chi connectivity index (χ3v) is 8.32. The maximum atomic E-state index is 13.3. The monoisotopic (exact) mass is 491 g/mol. The van der Waals surface area contributed by atoms with Crippen LogP contribution >= 0.6 is 0 Å². The van der Waals surface area contributed by atoms with E-state index in [1.165, 1.54) is 6.92 Å². The Hall–Kier alpha value is -1.91. The third-order valence-electron chi connectivity index (χ3n) is 8.32. The number of hydrogen-bond donors (Lipinski definition) is 2. The normalized spacial score (nSPS) is 36.1. The van der Waals surface area contributed by atoms with E-state index in [1.54, 1.807) is 21.0 Å². The summed E-state index contributed by atoms with van der Waals surface area (Å²) in [5.41, 5.74) is -1.38. The summed E-state index contributed by atoms with van der Waals surface area (Å²) in [6, 6.07) is 4.00. The number of carbonyl (C=O) groups is 1. The zero-order chi connectivity index (χ0) is 24.1. The fraction of sp³-hybridized carbons (Fsp3) is 0.731. The molecule has 9 nitrogen and oxygen atoms in total. The summed E-state index contributed by atoms with van der Waals surface area (Å²) in [7, 11) is 1.59. The fourth-order valence-corrected chi connectivity index (χ4v) is 7.23. The SMILES string of the molecule is C.CO[C@]12C[C@]34CCCN3C[C@H](O1)c1cc3c(cc1[C@@H]4[C@@H]2OC(=O)[C@@](C)(O)CC(C)(C)O)OCO3. The predicted octanol–water partition coefficient (Wildman–Crippen LogP) is 2.62. The zero-order valence-corrected chi connectivity index (χ0v) is 20.1. The molecule has 7 rings (SSSR count). The van der Waals surface area contributed by atoms with Crippen LogP contribution in [0.5, 0.6) is 11.5 Å². The first-order valence-corrected chi connectivity index (χ1v) is 12.1. The van der Waals surface area contributed by atoms with Gasteiger partial charge in [0.1, 0.15) is 0 Å². The second-order valence-electron chi connectivity index (χ2n) is 11.4. The lowest BCUT2D eigenvalue weighted by atomic mass is 9.78. The standard InChI is InChI=1S/C25H33NO8.CH4/c1-22(2,28)11-23(3,29)21(27)33-20-19-15-9-17-16(31-13-32-17)8-14(15)18-10-26-7-5-6-24(19,26)12-25(20,30-4)34-18;/h8-9,18-20,28-29H,5-7,10-13H2,1-4H3;1H4/t18-,19+,20-,23-,24-,25+;/m0./s1. The maximum Gasteiger partial charge on any atom is 0.338 e. The first-order chi connectivity index (χ1) is 16.0. The number of carbonyl (C=O) groups excluding carboxylic acids is 1. The van der Waals surface area contributed by atoms with E-state index in [0.29, 0.717) is 17.9 Å². The van der Waals surface area contributed by atoms with Crippen molar-refractivity contribution in [2.75, 3.05) is 27.0 Å². The third kappa shape index (κ3) is 3.50. The van der Waals surface area contributed by atoms with Crippen molar-refractivity contribution in [2.45, 2.75) is 94.5 Å². The Morgan fingerprint density at radius 3 is 2.54 bits per heavy atom. The quantitative estimate of drug-likeness (QED) is 0.601. The average Bonchev–Trinajstić information content (AvgIpc) is 3.36. The van der Waals surface area contributed by atoms with Crippen LogP contribution in [0.4, 0.5) is 0 Å². The van der Waals surface area contributed by atoms with E-state index >= 15 is 0 Å². The van der Waals surface area contributed by atoms with E-state index in [1.807, 2.05) is 12.1 Å². The fourth-order valence-electron chi connectivity index (χ4n) is 7.23. The first-order valence-electron chi connectivity index (χ1n) is 12.1. The van der Waals surface area contributed by atoms with Gasteiger partial charge in [-0.1, -0.05) is 7.43 Å². The van der Waals surface area contributed by atoms with E-state index in [0.717, 1.165) is 37.1 Å². The Kier molecular flexibility index (Phi) is 5.51. The smallest absolute Gasteiger partial charge is 0.338 e. The van der Waals surface area contributed by atoms with Crippen LogP contribution in [0, 0.1) is 0 Å². The second-order valence-corrected chi connectivity index (χ2v) is 11.4. The van der Waals surface area contributed by atoms with Crippen LogP contribution < -0.4 is 9.47 Å². The van der Waals surface area contributed by atoms with Crippen LogP contribution in [0.1, 0.15) is 77.0 Å². The molecule has 0 radical (unpaired) electrons. The van der Waals surface area contributed by atoms with Gasteiger partial charge in [0.15, 0.2) is 23.2 Å². The molecule has 1 spiro atoms. The van der Waals surface area contributed by atoms with Crippen molar-refractivity contribution >= 4 is 5.97 Å². The lowest BCUT2D eigenvalue weighted by molar-refractivity contribution is -0.284. The van der Waals surface area contributed by atoms with Crippen LogP contribution in [-0.2, 0) is 19.0 Å². The van der Waals surface area contributed by atoms with E-state index in [9.17, 15) is 15.0 Å². The molecular weight excluding hydrogens is 454 g/mol. The number of nitrogens with zero attached hydrogens (tertiary/aromatic N) is 1. The van der Waals surface area contributed by atoms with Gasteiger partial charge in [0, 0.05) is 38.0 Å². The van der Waals surface area contributed by atoms with Crippen molar-refractivity contribution in [1.82, 2.24) is 4.90 Å². The Bertz CT molecular complexity index is 1030. The number of methoxy groups -OCH3 is 1. The summed E-state index contributed by atoms with van der Waals surface area (Å²) < 4.78 is 30.3. The second kappa shape index (κ2) is 7.79. The van der Waals surface area contributed by atoms with E-state index in [2.05, 4.69) is 4.90 Å². The van der Waals surface area contributed by atoms with Gasteiger partial charge in [0.25, 0.3) is 0 Å². The van der Waals surface area contributed by atoms with E-state index in [-0.39, 0.29) is 38.2 Å². The summed E-state index contributed by atoms with van der Waals surface area (Å²) in [5.74, 6) is -0.809.